The molecular weight excluding hydrogens is 691 g/mol. The summed E-state index contributed by atoms with van der Waals surface area (Å²) in [6.07, 6.45) is 10.6. The summed E-state index contributed by atoms with van der Waals surface area (Å²) in [5.41, 5.74) is 1.45. The van der Waals surface area contributed by atoms with Crippen molar-refractivity contribution in [3.8, 4) is 11.6 Å². The summed E-state index contributed by atoms with van der Waals surface area (Å²) >= 11 is 0. The van der Waals surface area contributed by atoms with E-state index < -0.39 is 16.1 Å². The maximum atomic E-state index is 13.3. The number of likely N-dealkylation sites (N-methyl/N-ethyl adjacent to an activating group) is 1. The van der Waals surface area contributed by atoms with Crippen LogP contribution in [0.5, 0.6) is 11.6 Å². The molecule has 4 aromatic rings. The Labute approximate surface area is 303 Å². The first kappa shape index (κ1) is 37.0. The number of nitrogens with one attached hydrogen (secondary N) is 1. The third-order valence-electron chi connectivity index (χ3n) is 9.29. The number of sulfonamides is 1. The summed E-state index contributed by atoms with van der Waals surface area (Å²) in [4.78, 5) is 26.9. The van der Waals surface area contributed by atoms with Crippen LogP contribution in [-0.2, 0) is 21.8 Å². The molecule has 17 nitrogen and oxygen atoms in total. The Morgan fingerprint density at radius 3 is 2.42 bits per heavy atom. The Morgan fingerprint density at radius 1 is 1.08 bits per heavy atom. The first-order valence-corrected chi connectivity index (χ1v) is 19.2. The van der Waals surface area contributed by atoms with Gasteiger partial charge in [0.2, 0.25) is 21.9 Å². The predicted molar refractivity (Wildman–Crippen MR) is 198 cm³/mol. The fraction of sp³-hybridized carbons (Fsp3) is 0.529. The summed E-state index contributed by atoms with van der Waals surface area (Å²) < 4.78 is 47.8. The van der Waals surface area contributed by atoms with Gasteiger partial charge in [-0.3, -0.25) is 14.0 Å². The molecule has 18 heteroatoms. The van der Waals surface area contributed by atoms with E-state index in [1.807, 2.05) is 25.1 Å². The minimum atomic E-state index is -3.83. The molecule has 1 aliphatic heterocycles. The summed E-state index contributed by atoms with van der Waals surface area (Å²) in [7, 11) is 1.80. The number of hydrogen-bond donors (Lipinski definition) is 1. The van der Waals surface area contributed by atoms with E-state index in [4.69, 9.17) is 24.2 Å². The van der Waals surface area contributed by atoms with E-state index >= 15 is 0 Å². The van der Waals surface area contributed by atoms with Crippen molar-refractivity contribution in [2.45, 2.75) is 50.8 Å². The van der Waals surface area contributed by atoms with Gasteiger partial charge in [-0.15, -0.1) is 0 Å². The van der Waals surface area contributed by atoms with E-state index in [2.05, 4.69) is 31.9 Å². The molecule has 1 N–H and O–H groups in total. The molecule has 0 aromatic carbocycles. The molecule has 1 saturated carbocycles. The number of morpholine rings is 1. The minimum absolute atomic E-state index is 0.0542. The van der Waals surface area contributed by atoms with Crippen molar-refractivity contribution in [1.82, 2.24) is 34.4 Å². The van der Waals surface area contributed by atoms with Crippen LogP contribution in [-0.4, -0.2) is 126 Å². The molecule has 0 amide bonds. The lowest BCUT2D eigenvalue weighted by atomic mass is 9.93. The summed E-state index contributed by atoms with van der Waals surface area (Å²) in [5, 5.41) is 15.9. The maximum absolute atomic E-state index is 13.3. The van der Waals surface area contributed by atoms with E-state index in [1.54, 1.807) is 32.4 Å². The number of fused-ring (bicyclic) bond motifs is 1. The second-order valence-electron chi connectivity index (χ2n) is 13.4. The van der Waals surface area contributed by atoms with Gasteiger partial charge in [0.1, 0.15) is 30.4 Å². The van der Waals surface area contributed by atoms with Gasteiger partial charge in [-0.1, -0.05) is 4.98 Å². The second kappa shape index (κ2) is 15.8. The van der Waals surface area contributed by atoms with Crippen molar-refractivity contribution in [1.29, 1.82) is 0 Å². The van der Waals surface area contributed by atoms with Crippen molar-refractivity contribution in [2.24, 2.45) is 7.05 Å². The standard InChI is InChI=1S/C34H47N11O6S/c1-23(30-22-38-34(42(30)4)43(5)46)45(52(6,47)48)25-17-28-29(35-19-25)18-31(44-12-14-49-15-13-44)40-32(28)51-26-9-7-24(8-10-26)39-33-36-20-27(21-37-33)50-16-11-41(2)3/h17-24,26H,5,7-16H2,1-4,6H3,(H,36,37,39). The molecule has 1 saturated heterocycles. The van der Waals surface area contributed by atoms with Crippen LogP contribution >= 0.6 is 0 Å². The number of aromatic nitrogens is 6. The lowest BCUT2D eigenvalue weighted by molar-refractivity contribution is -0.362. The number of nitrogens with zero attached hydrogens (tertiary/aromatic N) is 10. The van der Waals surface area contributed by atoms with Crippen molar-refractivity contribution in [3.63, 3.8) is 0 Å². The van der Waals surface area contributed by atoms with Gasteiger partial charge in [-0.05, 0) is 52.8 Å². The molecule has 6 rings (SSSR count). The van der Waals surface area contributed by atoms with Crippen LogP contribution in [0.15, 0.2) is 36.9 Å². The molecule has 1 aliphatic carbocycles. The van der Waals surface area contributed by atoms with E-state index in [0.29, 0.717) is 77.5 Å². The van der Waals surface area contributed by atoms with Gasteiger partial charge in [0.05, 0.1) is 67.7 Å². The fourth-order valence-electron chi connectivity index (χ4n) is 6.57. The zero-order valence-corrected chi connectivity index (χ0v) is 31.1. The van der Waals surface area contributed by atoms with Gasteiger partial charge in [-0.2, -0.15) is 4.98 Å². The van der Waals surface area contributed by atoms with Gasteiger partial charge in [0.15, 0.2) is 5.75 Å². The monoisotopic (exact) mass is 737 g/mol. The molecule has 280 valence electrons. The van der Waals surface area contributed by atoms with Crippen LogP contribution in [0.25, 0.3) is 10.9 Å². The predicted octanol–water partition coefficient (Wildman–Crippen LogP) is 3.10. The summed E-state index contributed by atoms with van der Waals surface area (Å²) in [6, 6.07) is 3.09. The summed E-state index contributed by atoms with van der Waals surface area (Å²) in [5.74, 6) is 2.35. The maximum Gasteiger partial charge on any atom is 0.398 e. The van der Waals surface area contributed by atoms with E-state index in [-0.39, 0.29) is 18.1 Å². The van der Waals surface area contributed by atoms with Crippen LogP contribution in [0, 0.1) is 5.21 Å². The largest absolute Gasteiger partial charge is 0.741 e. The number of hydrogen-bond acceptors (Lipinski definition) is 14. The average molecular weight is 738 g/mol. The molecule has 0 bridgehead atoms. The van der Waals surface area contributed by atoms with Crippen LogP contribution in [0.1, 0.15) is 44.3 Å². The van der Waals surface area contributed by atoms with Crippen molar-refractivity contribution < 1.29 is 27.4 Å². The minimum Gasteiger partial charge on any atom is -0.741 e. The lowest BCUT2D eigenvalue weighted by Gasteiger charge is -2.31. The normalized spacial score (nSPS) is 18.7. The van der Waals surface area contributed by atoms with Gasteiger partial charge in [0, 0.05) is 38.5 Å². The van der Waals surface area contributed by atoms with Crippen molar-refractivity contribution >= 4 is 51.0 Å². The van der Waals surface area contributed by atoms with Crippen LogP contribution in [0.2, 0.25) is 0 Å². The van der Waals surface area contributed by atoms with Gasteiger partial charge in [0.25, 0.3) is 0 Å². The molecule has 4 aromatic heterocycles. The average Bonchev–Trinajstić information content (AvgIpc) is 3.51. The molecule has 1 unspecified atom stereocenters. The number of pyridine rings is 2. The first-order valence-electron chi connectivity index (χ1n) is 17.3. The number of anilines is 3. The molecule has 0 spiro atoms. The van der Waals surface area contributed by atoms with E-state index in [1.165, 1.54) is 21.3 Å². The Kier molecular flexibility index (Phi) is 11.3. The molecule has 2 fully saturated rings. The molecule has 1 atom stereocenters. The molecule has 52 heavy (non-hydrogen) atoms. The highest BCUT2D eigenvalue weighted by molar-refractivity contribution is 7.92. The lowest BCUT2D eigenvalue weighted by Crippen LogP contribution is -2.37. The summed E-state index contributed by atoms with van der Waals surface area (Å²) in [6.45, 7) is 9.00. The highest BCUT2D eigenvalue weighted by Crippen LogP contribution is 2.37. The third-order valence-corrected chi connectivity index (χ3v) is 10.5. The number of imidazole rings is 1. The van der Waals surface area contributed by atoms with Crippen LogP contribution in [0.3, 0.4) is 0 Å². The van der Waals surface area contributed by atoms with Gasteiger partial charge < -0.3 is 34.5 Å². The first-order chi connectivity index (χ1) is 24.9. The van der Waals surface area contributed by atoms with Crippen LogP contribution in [0.4, 0.5) is 23.4 Å². The van der Waals surface area contributed by atoms with Crippen molar-refractivity contribution in [2.75, 3.05) is 74.3 Å². The quantitative estimate of drug-likeness (QED) is 0.0864. The highest BCUT2D eigenvalue weighted by Gasteiger charge is 2.32. The SMILES string of the molecule is C=[N+]([O-])c1ncc(C(C)N(c2cnc3cc(N4CCOCC4)nc(OC4CCC(Nc5ncc(OCCN(C)C)cn5)CC4)c3c2)S(C)(=O)=O)n1C. The molecular formula is C34H47N11O6S. The Balaban J connectivity index is 1.23. The van der Waals surface area contributed by atoms with E-state index in [9.17, 15) is 13.6 Å². The zero-order chi connectivity index (χ0) is 37.0. The smallest absolute Gasteiger partial charge is 0.398 e. The zero-order valence-electron chi connectivity index (χ0n) is 30.3. The third kappa shape index (κ3) is 8.62. The van der Waals surface area contributed by atoms with Gasteiger partial charge in [-0.25, -0.2) is 23.0 Å². The fourth-order valence-corrected chi connectivity index (χ4v) is 7.73. The van der Waals surface area contributed by atoms with E-state index in [0.717, 1.165) is 44.3 Å². The molecule has 2 aliphatic rings. The number of ether oxygens (including phenoxy) is 3. The Morgan fingerprint density at radius 2 is 1.79 bits per heavy atom. The Bertz CT molecular complexity index is 1960. The second-order valence-corrected chi connectivity index (χ2v) is 15.3. The van der Waals surface area contributed by atoms with Gasteiger partial charge >= 0.3 is 5.95 Å². The van der Waals surface area contributed by atoms with Crippen molar-refractivity contribution in [3.05, 3.63) is 47.8 Å². The topological polar surface area (TPSA) is 179 Å². The highest BCUT2D eigenvalue weighted by atomic mass is 32.2. The molecule has 5 heterocycles. The number of rotatable bonds is 14. The molecule has 0 radical (unpaired) electrons. The Hall–Kier alpha value is -4.81. The van der Waals surface area contributed by atoms with Crippen LogP contribution < -0.4 is 24.0 Å².